The van der Waals surface area contributed by atoms with Crippen molar-refractivity contribution in [1.29, 1.82) is 0 Å². The molecule has 0 atom stereocenters. The minimum absolute atomic E-state index is 0.0767. The Labute approximate surface area is 112 Å². The lowest BCUT2D eigenvalue weighted by molar-refractivity contribution is -0.00934. The minimum atomic E-state index is -0.0767. The van der Waals surface area contributed by atoms with Crippen molar-refractivity contribution >= 4 is 0 Å². The van der Waals surface area contributed by atoms with Crippen LogP contribution in [0.25, 0.3) is 0 Å². The van der Waals surface area contributed by atoms with Crippen molar-refractivity contribution in [2.45, 2.75) is 45.6 Å². The third-order valence-electron chi connectivity index (χ3n) is 2.92. The second-order valence-electron chi connectivity index (χ2n) is 4.98. The number of nitrogens with one attached hydrogen (secondary N) is 1. The van der Waals surface area contributed by atoms with E-state index in [2.05, 4.69) is 19.2 Å². The molecule has 0 radical (unpaired) electrons. The molecule has 0 saturated heterocycles. The van der Waals surface area contributed by atoms with Gasteiger partial charge in [0.1, 0.15) is 0 Å². The van der Waals surface area contributed by atoms with Gasteiger partial charge in [0.25, 0.3) is 0 Å². The summed E-state index contributed by atoms with van der Waals surface area (Å²) in [5.74, 6) is 0. The molecular weight excluding hydrogens is 230 g/mol. The molecule has 0 bridgehead atoms. The van der Waals surface area contributed by atoms with Crippen molar-refractivity contribution in [2.24, 2.45) is 0 Å². The van der Waals surface area contributed by atoms with Gasteiger partial charge in [-0.25, -0.2) is 0 Å². The molecule has 0 unspecified atom stereocenters. The molecule has 0 amide bonds. The van der Waals surface area contributed by atoms with Gasteiger partial charge in [-0.1, -0.05) is 0 Å². The van der Waals surface area contributed by atoms with E-state index in [0.29, 0.717) is 0 Å². The number of rotatable bonds is 13. The van der Waals surface area contributed by atoms with Crippen LogP contribution in [-0.4, -0.2) is 52.2 Å². The van der Waals surface area contributed by atoms with Crippen molar-refractivity contribution < 1.29 is 14.2 Å². The highest BCUT2D eigenvalue weighted by molar-refractivity contribution is 4.66. The molecule has 0 aliphatic carbocycles. The molecule has 0 aliphatic heterocycles. The van der Waals surface area contributed by atoms with Crippen molar-refractivity contribution in [2.75, 3.05) is 46.6 Å². The van der Waals surface area contributed by atoms with E-state index in [1.54, 1.807) is 7.11 Å². The molecular formula is C14H31NO3. The van der Waals surface area contributed by atoms with Gasteiger partial charge in [-0.05, 0) is 46.6 Å². The number of ether oxygens (including phenoxy) is 3. The van der Waals surface area contributed by atoms with Crippen LogP contribution in [0.1, 0.15) is 40.0 Å². The lowest BCUT2D eigenvalue weighted by atomic mass is 10.1. The zero-order valence-electron chi connectivity index (χ0n) is 12.6. The van der Waals surface area contributed by atoms with Crippen LogP contribution in [0.5, 0.6) is 0 Å². The van der Waals surface area contributed by atoms with E-state index in [4.69, 9.17) is 14.2 Å². The summed E-state index contributed by atoms with van der Waals surface area (Å²) in [5.41, 5.74) is -0.0767. The predicted octanol–water partition coefficient (Wildman–Crippen LogP) is 2.22. The lowest BCUT2D eigenvalue weighted by Crippen LogP contribution is -2.26. The number of hydrogen-bond donors (Lipinski definition) is 1. The number of hydrogen-bond acceptors (Lipinski definition) is 4. The van der Waals surface area contributed by atoms with E-state index in [0.717, 1.165) is 58.8 Å². The molecule has 0 aromatic carbocycles. The average molecular weight is 261 g/mol. The molecule has 1 N–H and O–H groups in total. The zero-order chi connectivity index (χ0) is 13.7. The van der Waals surface area contributed by atoms with Crippen molar-refractivity contribution in [3.05, 3.63) is 0 Å². The average Bonchev–Trinajstić information content (AvgIpc) is 2.36. The Balaban J connectivity index is 3.08. The minimum Gasteiger partial charge on any atom is -0.382 e. The summed E-state index contributed by atoms with van der Waals surface area (Å²) in [6, 6.07) is 0. The largest absolute Gasteiger partial charge is 0.382 e. The maximum Gasteiger partial charge on any atom is 0.0644 e. The van der Waals surface area contributed by atoms with E-state index in [1.807, 2.05) is 6.92 Å². The molecule has 0 spiro atoms. The zero-order valence-corrected chi connectivity index (χ0v) is 12.6. The third kappa shape index (κ3) is 12.3. The van der Waals surface area contributed by atoms with Crippen molar-refractivity contribution in [1.82, 2.24) is 5.32 Å². The molecule has 4 nitrogen and oxygen atoms in total. The monoisotopic (exact) mass is 261 g/mol. The normalized spacial score (nSPS) is 12.0. The van der Waals surface area contributed by atoms with Gasteiger partial charge in [0.2, 0.25) is 0 Å². The van der Waals surface area contributed by atoms with Crippen LogP contribution in [0.15, 0.2) is 0 Å². The van der Waals surface area contributed by atoms with Crippen molar-refractivity contribution in [3.8, 4) is 0 Å². The summed E-state index contributed by atoms with van der Waals surface area (Å²) in [6.07, 6.45) is 3.22. The Morgan fingerprint density at radius 2 is 1.72 bits per heavy atom. The second kappa shape index (κ2) is 11.9. The van der Waals surface area contributed by atoms with Crippen LogP contribution >= 0.6 is 0 Å². The van der Waals surface area contributed by atoms with Crippen LogP contribution in [0, 0.1) is 0 Å². The first-order valence-electron chi connectivity index (χ1n) is 7.03. The van der Waals surface area contributed by atoms with Gasteiger partial charge >= 0.3 is 0 Å². The quantitative estimate of drug-likeness (QED) is 0.516. The molecule has 0 heterocycles. The number of unbranched alkanes of at least 4 members (excludes halogenated alkanes) is 1. The molecule has 0 aliphatic rings. The Kier molecular flexibility index (Phi) is 11.8. The summed E-state index contributed by atoms with van der Waals surface area (Å²) in [5, 5.41) is 3.36. The predicted molar refractivity (Wildman–Crippen MR) is 75.1 cm³/mol. The summed E-state index contributed by atoms with van der Waals surface area (Å²) in [4.78, 5) is 0. The van der Waals surface area contributed by atoms with Gasteiger partial charge in [0.05, 0.1) is 12.2 Å². The molecule has 4 heteroatoms. The van der Waals surface area contributed by atoms with Crippen LogP contribution in [0.3, 0.4) is 0 Å². The topological polar surface area (TPSA) is 39.7 Å². The fourth-order valence-corrected chi connectivity index (χ4v) is 1.39. The maximum absolute atomic E-state index is 5.55. The molecule has 18 heavy (non-hydrogen) atoms. The first kappa shape index (κ1) is 17.8. The van der Waals surface area contributed by atoms with Crippen LogP contribution < -0.4 is 5.32 Å². The Bertz CT molecular complexity index is 174. The third-order valence-corrected chi connectivity index (χ3v) is 2.92. The number of methoxy groups -OCH3 is 1. The summed E-state index contributed by atoms with van der Waals surface area (Å²) >= 11 is 0. The van der Waals surface area contributed by atoms with Gasteiger partial charge in [-0.2, -0.15) is 0 Å². The summed E-state index contributed by atoms with van der Waals surface area (Å²) < 4.78 is 16.1. The van der Waals surface area contributed by atoms with Gasteiger partial charge in [-0.15, -0.1) is 0 Å². The van der Waals surface area contributed by atoms with E-state index < -0.39 is 0 Å². The SMILES string of the molecule is CCOCCCCNCCOCCC(C)(C)OC. The van der Waals surface area contributed by atoms with E-state index in [9.17, 15) is 0 Å². The van der Waals surface area contributed by atoms with E-state index >= 15 is 0 Å². The first-order valence-corrected chi connectivity index (χ1v) is 7.03. The molecule has 0 fully saturated rings. The van der Waals surface area contributed by atoms with Crippen LogP contribution in [-0.2, 0) is 14.2 Å². The van der Waals surface area contributed by atoms with E-state index in [-0.39, 0.29) is 5.60 Å². The highest BCUT2D eigenvalue weighted by Gasteiger charge is 2.15. The van der Waals surface area contributed by atoms with Gasteiger partial charge in [-0.3, -0.25) is 0 Å². The fraction of sp³-hybridized carbons (Fsp3) is 1.00. The first-order chi connectivity index (χ1) is 8.62. The van der Waals surface area contributed by atoms with Gasteiger partial charge in [0.15, 0.2) is 0 Å². The molecule has 0 aromatic heterocycles. The molecule has 110 valence electrons. The standard InChI is InChI=1S/C14H31NO3/c1-5-17-11-7-6-9-15-10-13-18-12-8-14(2,3)16-4/h15H,5-13H2,1-4H3. The van der Waals surface area contributed by atoms with Gasteiger partial charge in [0, 0.05) is 33.5 Å². The molecule has 0 aromatic rings. The Morgan fingerprint density at radius 3 is 2.39 bits per heavy atom. The van der Waals surface area contributed by atoms with Crippen LogP contribution in [0.2, 0.25) is 0 Å². The summed E-state index contributed by atoms with van der Waals surface area (Å²) in [6.45, 7) is 11.4. The Hall–Kier alpha value is -0.160. The highest BCUT2D eigenvalue weighted by Crippen LogP contribution is 2.12. The highest BCUT2D eigenvalue weighted by atomic mass is 16.5. The molecule has 0 rings (SSSR count). The lowest BCUT2D eigenvalue weighted by Gasteiger charge is -2.22. The fourth-order valence-electron chi connectivity index (χ4n) is 1.39. The summed E-state index contributed by atoms with van der Waals surface area (Å²) in [7, 11) is 1.74. The second-order valence-corrected chi connectivity index (χ2v) is 4.98. The molecule has 0 saturated carbocycles. The van der Waals surface area contributed by atoms with Crippen LogP contribution in [0.4, 0.5) is 0 Å². The maximum atomic E-state index is 5.55. The Morgan fingerprint density at radius 1 is 0.944 bits per heavy atom. The smallest absolute Gasteiger partial charge is 0.0644 e. The van der Waals surface area contributed by atoms with Crippen molar-refractivity contribution in [3.63, 3.8) is 0 Å². The van der Waals surface area contributed by atoms with E-state index in [1.165, 1.54) is 0 Å². The van der Waals surface area contributed by atoms with Gasteiger partial charge < -0.3 is 19.5 Å².